The SMILES string of the molecule is COC(=O)CCCC1CCC2C3CCC4CCCCC4(CCCC12C)C3. The van der Waals surface area contributed by atoms with Gasteiger partial charge in [0.25, 0.3) is 0 Å². The summed E-state index contributed by atoms with van der Waals surface area (Å²) < 4.78 is 4.85. The molecule has 0 aromatic heterocycles. The summed E-state index contributed by atoms with van der Waals surface area (Å²) in [5.74, 6) is 3.84. The monoisotopic (exact) mass is 360 g/mol. The fraction of sp³-hybridized carbons (Fsp3) is 0.958. The lowest BCUT2D eigenvalue weighted by Crippen LogP contribution is -2.46. The molecule has 4 aliphatic rings. The Morgan fingerprint density at radius 2 is 1.85 bits per heavy atom. The van der Waals surface area contributed by atoms with Gasteiger partial charge in [0, 0.05) is 6.42 Å². The van der Waals surface area contributed by atoms with Gasteiger partial charge in [-0.05, 0) is 105 Å². The second-order valence-corrected chi connectivity index (χ2v) is 10.6. The molecule has 4 saturated carbocycles. The fourth-order valence-electron chi connectivity index (χ4n) is 8.31. The highest BCUT2D eigenvalue weighted by molar-refractivity contribution is 5.68. The zero-order valence-electron chi connectivity index (χ0n) is 17.2. The van der Waals surface area contributed by atoms with Crippen molar-refractivity contribution in [1.29, 1.82) is 0 Å². The molecular weight excluding hydrogens is 320 g/mol. The predicted molar refractivity (Wildman–Crippen MR) is 106 cm³/mol. The van der Waals surface area contributed by atoms with E-state index in [1.54, 1.807) is 12.8 Å². The summed E-state index contributed by atoms with van der Waals surface area (Å²) >= 11 is 0. The van der Waals surface area contributed by atoms with Crippen LogP contribution >= 0.6 is 0 Å². The third-order valence-electron chi connectivity index (χ3n) is 9.62. The van der Waals surface area contributed by atoms with E-state index in [0.29, 0.717) is 11.8 Å². The summed E-state index contributed by atoms with van der Waals surface area (Å²) in [7, 11) is 1.52. The number of rotatable bonds is 4. The highest BCUT2D eigenvalue weighted by atomic mass is 16.5. The van der Waals surface area contributed by atoms with Crippen molar-refractivity contribution in [2.75, 3.05) is 7.11 Å². The lowest BCUT2D eigenvalue weighted by Gasteiger charge is -2.56. The minimum Gasteiger partial charge on any atom is -0.469 e. The van der Waals surface area contributed by atoms with Crippen LogP contribution < -0.4 is 0 Å². The van der Waals surface area contributed by atoms with Crippen LogP contribution in [-0.2, 0) is 9.53 Å². The fourth-order valence-corrected chi connectivity index (χ4v) is 8.31. The Kier molecular flexibility index (Phi) is 5.41. The van der Waals surface area contributed by atoms with E-state index in [1.807, 2.05) is 0 Å². The lowest BCUT2D eigenvalue weighted by atomic mass is 9.49. The van der Waals surface area contributed by atoms with Gasteiger partial charge in [0.1, 0.15) is 0 Å². The van der Waals surface area contributed by atoms with Gasteiger partial charge in [-0.15, -0.1) is 0 Å². The van der Waals surface area contributed by atoms with E-state index in [1.165, 1.54) is 77.7 Å². The molecule has 0 radical (unpaired) electrons. The number of esters is 1. The first-order valence-corrected chi connectivity index (χ1v) is 11.6. The molecule has 2 heteroatoms. The smallest absolute Gasteiger partial charge is 0.305 e. The molecule has 4 fully saturated rings. The van der Waals surface area contributed by atoms with Crippen molar-refractivity contribution in [1.82, 2.24) is 0 Å². The molecule has 0 aromatic rings. The second-order valence-electron chi connectivity index (χ2n) is 10.6. The minimum atomic E-state index is -0.0278. The number of carbonyl (C=O) groups is 1. The normalized spacial score (nSPS) is 45.2. The molecular formula is C24H40O2. The van der Waals surface area contributed by atoms with Crippen molar-refractivity contribution < 1.29 is 9.53 Å². The third-order valence-corrected chi connectivity index (χ3v) is 9.62. The van der Waals surface area contributed by atoms with Crippen LogP contribution in [-0.4, -0.2) is 13.1 Å². The molecule has 0 aliphatic heterocycles. The van der Waals surface area contributed by atoms with Gasteiger partial charge in [-0.3, -0.25) is 4.79 Å². The van der Waals surface area contributed by atoms with Gasteiger partial charge >= 0.3 is 5.97 Å². The summed E-state index contributed by atoms with van der Waals surface area (Å²) in [4.78, 5) is 11.5. The third kappa shape index (κ3) is 3.24. The summed E-state index contributed by atoms with van der Waals surface area (Å²) in [6.45, 7) is 2.64. The molecule has 6 atom stereocenters. The van der Waals surface area contributed by atoms with Gasteiger partial charge in [-0.25, -0.2) is 0 Å². The summed E-state index contributed by atoms with van der Waals surface area (Å²) in [5, 5.41) is 0. The molecule has 26 heavy (non-hydrogen) atoms. The van der Waals surface area contributed by atoms with Crippen LogP contribution in [0.5, 0.6) is 0 Å². The second kappa shape index (κ2) is 7.47. The minimum absolute atomic E-state index is 0.0278. The maximum Gasteiger partial charge on any atom is 0.305 e. The van der Waals surface area contributed by atoms with E-state index < -0.39 is 0 Å². The number of fused-ring (bicyclic) bond motifs is 3. The van der Waals surface area contributed by atoms with Gasteiger partial charge in [0.2, 0.25) is 0 Å². The molecule has 0 saturated heterocycles. The molecule has 6 unspecified atom stereocenters. The van der Waals surface area contributed by atoms with E-state index in [0.717, 1.165) is 35.5 Å². The molecule has 0 N–H and O–H groups in total. The first-order valence-electron chi connectivity index (χ1n) is 11.6. The summed E-state index contributed by atoms with van der Waals surface area (Å²) in [6, 6.07) is 0. The van der Waals surface area contributed by atoms with E-state index in [-0.39, 0.29) is 5.97 Å². The standard InChI is InChI=1S/C24H40O2/c1-23-14-6-16-24-15-4-3-7-20(24)11-10-18(17-24)21(23)13-12-19(23)8-5-9-22(25)26-2/h18-21H,3-17H2,1-2H3. The number of hydrogen-bond acceptors (Lipinski definition) is 2. The topological polar surface area (TPSA) is 26.3 Å². The van der Waals surface area contributed by atoms with Crippen molar-refractivity contribution in [3.05, 3.63) is 0 Å². The van der Waals surface area contributed by atoms with Crippen LogP contribution in [0, 0.1) is 34.5 Å². The van der Waals surface area contributed by atoms with Crippen LogP contribution in [0.25, 0.3) is 0 Å². The van der Waals surface area contributed by atoms with Gasteiger partial charge in [-0.1, -0.05) is 26.2 Å². The number of carbonyl (C=O) groups excluding carboxylic acids is 1. The quantitative estimate of drug-likeness (QED) is 0.533. The van der Waals surface area contributed by atoms with Gasteiger partial charge in [0.05, 0.1) is 7.11 Å². The largest absolute Gasteiger partial charge is 0.469 e. The Bertz CT molecular complexity index is 514. The maximum absolute atomic E-state index is 11.5. The highest BCUT2D eigenvalue weighted by Gasteiger charge is 2.54. The summed E-state index contributed by atoms with van der Waals surface area (Å²) in [6.07, 6.45) is 20.9. The number of methoxy groups -OCH3 is 1. The van der Waals surface area contributed by atoms with Crippen molar-refractivity contribution in [3.63, 3.8) is 0 Å². The Morgan fingerprint density at radius 1 is 1.00 bits per heavy atom. The van der Waals surface area contributed by atoms with Crippen LogP contribution in [0.1, 0.15) is 103 Å². The molecule has 1 spiro atoms. The molecule has 0 aromatic carbocycles. The van der Waals surface area contributed by atoms with Crippen molar-refractivity contribution in [3.8, 4) is 0 Å². The zero-order chi connectivity index (χ0) is 18.2. The van der Waals surface area contributed by atoms with Crippen molar-refractivity contribution >= 4 is 5.97 Å². The molecule has 4 aliphatic carbocycles. The Morgan fingerprint density at radius 3 is 2.69 bits per heavy atom. The molecule has 148 valence electrons. The molecule has 0 amide bonds. The first kappa shape index (κ1) is 18.8. The average molecular weight is 361 g/mol. The number of hydrogen-bond donors (Lipinski definition) is 0. The first-order chi connectivity index (χ1) is 12.6. The Labute approximate surface area is 160 Å². The van der Waals surface area contributed by atoms with E-state index in [2.05, 4.69) is 6.92 Å². The maximum atomic E-state index is 11.5. The Hall–Kier alpha value is -0.530. The Balaban J connectivity index is 1.45. The van der Waals surface area contributed by atoms with E-state index in [4.69, 9.17) is 4.74 Å². The van der Waals surface area contributed by atoms with Crippen LogP contribution in [0.3, 0.4) is 0 Å². The van der Waals surface area contributed by atoms with Crippen molar-refractivity contribution in [2.24, 2.45) is 34.5 Å². The zero-order valence-corrected chi connectivity index (χ0v) is 17.2. The van der Waals surface area contributed by atoms with E-state index in [9.17, 15) is 4.79 Å². The van der Waals surface area contributed by atoms with Crippen LogP contribution in [0.2, 0.25) is 0 Å². The summed E-state index contributed by atoms with van der Waals surface area (Å²) in [5.41, 5.74) is 1.29. The van der Waals surface area contributed by atoms with Gasteiger partial charge < -0.3 is 4.74 Å². The lowest BCUT2D eigenvalue weighted by molar-refractivity contribution is -0.140. The molecule has 0 heterocycles. The average Bonchev–Trinajstić information content (AvgIpc) is 2.96. The number of ether oxygens (including phenoxy) is 1. The highest BCUT2D eigenvalue weighted by Crippen LogP contribution is 2.64. The molecule has 2 bridgehead atoms. The van der Waals surface area contributed by atoms with Gasteiger partial charge in [-0.2, -0.15) is 0 Å². The molecule has 4 rings (SSSR count). The van der Waals surface area contributed by atoms with E-state index >= 15 is 0 Å². The predicted octanol–water partition coefficient (Wildman–Crippen LogP) is 6.52. The van der Waals surface area contributed by atoms with Gasteiger partial charge in [0.15, 0.2) is 0 Å². The van der Waals surface area contributed by atoms with Crippen LogP contribution in [0.4, 0.5) is 0 Å². The van der Waals surface area contributed by atoms with Crippen LogP contribution in [0.15, 0.2) is 0 Å². The molecule has 2 nitrogen and oxygen atoms in total. The van der Waals surface area contributed by atoms with Crippen molar-refractivity contribution in [2.45, 2.75) is 103 Å².